The average molecular weight is 194 g/mol. The highest BCUT2D eigenvalue weighted by Gasteiger charge is 2.22. The van der Waals surface area contributed by atoms with E-state index in [9.17, 15) is 0 Å². The second-order valence-corrected chi connectivity index (χ2v) is 4.57. The summed E-state index contributed by atoms with van der Waals surface area (Å²) in [5.41, 5.74) is 1.38. The van der Waals surface area contributed by atoms with E-state index in [4.69, 9.17) is 9.47 Å². The van der Waals surface area contributed by atoms with Crippen LogP contribution >= 0.6 is 11.8 Å². The molecule has 13 heavy (non-hydrogen) atoms. The average Bonchev–Trinajstić information content (AvgIpc) is 2.47. The molecular weight excluding hydrogens is 184 g/mol. The Morgan fingerprint density at radius 3 is 2.85 bits per heavy atom. The second kappa shape index (κ2) is 2.84. The van der Waals surface area contributed by atoms with Crippen LogP contribution in [0, 0.1) is 0 Å². The molecular formula is C10H10O2S. The van der Waals surface area contributed by atoms with Gasteiger partial charge in [-0.3, -0.25) is 0 Å². The van der Waals surface area contributed by atoms with E-state index in [-0.39, 0.29) is 0 Å². The quantitative estimate of drug-likeness (QED) is 0.684. The molecule has 1 saturated heterocycles. The van der Waals surface area contributed by atoms with E-state index < -0.39 is 0 Å². The van der Waals surface area contributed by atoms with Gasteiger partial charge in [0.2, 0.25) is 6.79 Å². The van der Waals surface area contributed by atoms with Crippen molar-refractivity contribution in [3.63, 3.8) is 0 Å². The summed E-state index contributed by atoms with van der Waals surface area (Å²) < 4.78 is 10.6. The van der Waals surface area contributed by atoms with E-state index >= 15 is 0 Å². The van der Waals surface area contributed by atoms with Crippen molar-refractivity contribution in [2.24, 2.45) is 0 Å². The fourth-order valence-corrected chi connectivity index (χ4v) is 2.42. The predicted octanol–water partition coefficient (Wildman–Crippen LogP) is 2.59. The Kier molecular flexibility index (Phi) is 1.65. The van der Waals surface area contributed by atoms with Crippen LogP contribution in [0.15, 0.2) is 18.2 Å². The smallest absolute Gasteiger partial charge is 0.231 e. The maximum atomic E-state index is 5.33. The van der Waals surface area contributed by atoms with Gasteiger partial charge in [0, 0.05) is 5.25 Å². The Hall–Kier alpha value is -0.830. The summed E-state index contributed by atoms with van der Waals surface area (Å²) in [6.45, 7) is 0.372. The molecule has 2 aliphatic heterocycles. The molecule has 0 aliphatic carbocycles. The van der Waals surface area contributed by atoms with Crippen molar-refractivity contribution in [1.82, 2.24) is 0 Å². The van der Waals surface area contributed by atoms with Crippen molar-refractivity contribution in [2.45, 2.75) is 11.7 Å². The second-order valence-electron chi connectivity index (χ2n) is 3.26. The summed E-state index contributed by atoms with van der Waals surface area (Å²) in [6.07, 6.45) is 1.30. The first-order valence-corrected chi connectivity index (χ1v) is 5.49. The first-order valence-electron chi connectivity index (χ1n) is 4.44. The van der Waals surface area contributed by atoms with Crippen LogP contribution in [0.4, 0.5) is 0 Å². The highest BCUT2D eigenvalue weighted by atomic mass is 32.2. The van der Waals surface area contributed by atoms with Gasteiger partial charge >= 0.3 is 0 Å². The van der Waals surface area contributed by atoms with Crippen LogP contribution in [0.1, 0.15) is 17.2 Å². The summed E-state index contributed by atoms with van der Waals surface area (Å²) >= 11 is 2.01. The number of fused-ring (bicyclic) bond motifs is 1. The molecule has 2 heterocycles. The highest BCUT2D eigenvalue weighted by Crippen LogP contribution is 2.45. The van der Waals surface area contributed by atoms with E-state index in [0.717, 1.165) is 11.5 Å². The van der Waals surface area contributed by atoms with E-state index in [2.05, 4.69) is 12.1 Å². The van der Waals surface area contributed by atoms with Gasteiger partial charge in [-0.2, -0.15) is 11.8 Å². The molecule has 1 atom stereocenters. The van der Waals surface area contributed by atoms with Gasteiger partial charge in [0.05, 0.1) is 0 Å². The Morgan fingerprint density at radius 2 is 2.08 bits per heavy atom. The van der Waals surface area contributed by atoms with E-state index in [1.165, 1.54) is 17.7 Å². The third-order valence-corrected chi connectivity index (χ3v) is 3.85. The van der Waals surface area contributed by atoms with Gasteiger partial charge in [0.1, 0.15) is 0 Å². The monoisotopic (exact) mass is 194 g/mol. The first-order chi connectivity index (χ1) is 6.43. The molecule has 0 saturated carbocycles. The van der Waals surface area contributed by atoms with Crippen LogP contribution in [0.5, 0.6) is 11.5 Å². The number of hydrogen-bond acceptors (Lipinski definition) is 3. The van der Waals surface area contributed by atoms with Crippen LogP contribution in [-0.2, 0) is 0 Å². The molecule has 2 aliphatic rings. The van der Waals surface area contributed by atoms with Gasteiger partial charge in [-0.05, 0) is 29.9 Å². The largest absolute Gasteiger partial charge is 0.454 e. The maximum absolute atomic E-state index is 5.33. The normalized spacial score (nSPS) is 24.2. The molecule has 3 rings (SSSR count). The lowest BCUT2D eigenvalue weighted by molar-refractivity contribution is 0.174. The van der Waals surface area contributed by atoms with Crippen LogP contribution in [0.2, 0.25) is 0 Å². The minimum Gasteiger partial charge on any atom is -0.454 e. The minimum atomic E-state index is 0.372. The van der Waals surface area contributed by atoms with Gasteiger partial charge in [-0.25, -0.2) is 0 Å². The van der Waals surface area contributed by atoms with Crippen molar-refractivity contribution in [2.75, 3.05) is 12.5 Å². The summed E-state index contributed by atoms with van der Waals surface area (Å²) in [5.74, 6) is 3.08. The number of hydrogen-bond donors (Lipinski definition) is 0. The van der Waals surface area contributed by atoms with Crippen molar-refractivity contribution in [3.05, 3.63) is 23.8 Å². The third-order valence-electron chi connectivity index (χ3n) is 2.47. The van der Waals surface area contributed by atoms with E-state index in [1.54, 1.807) is 0 Å². The first kappa shape index (κ1) is 7.56. The molecule has 0 bridgehead atoms. The van der Waals surface area contributed by atoms with E-state index in [1.807, 2.05) is 17.8 Å². The van der Waals surface area contributed by atoms with E-state index in [0.29, 0.717) is 12.0 Å². The molecule has 1 aromatic carbocycles. The zero-order valence-corrected chi connectivity index (χ0v) is 7.97. The Balaban J connectivity index is 1.95. The lowest BCUT2D eigenvalue weighted by Gasteiger charge is -2.25. The molecule has 1 unspecified atom stereocenters. The fourth-order valence-electron chi connectivity index (χ4n) is 1.61. The lowest BCUT2D eigenvalue weighted by atomic mass is 10.1. The molecule has 0 N–H and O–H groups in total. The van der Waals surface area contributed by atoms with Gasteiger partial charge in [-0.1, -0.05) is 6.07 Å². The van der Waals surface area contributed by atoms with Gasteiger partial charge in [0.25, 0.3) is 0 Å². The number of benzene rings is 1. The molecule has 0 spiro atoms. The van der Waals surface area contributed by atoms with Crippen LogP contribution < -0.4 is 9.47 Å². The highest BCUT2D eigenvalue weighted by molar-refractivity contribution is 8.00. The third kappa shape index (κ3) is 1.18. The predicted molar refractivity (Wildman–Crippen MR) is 52.4 cm³/mol. The Labute approximate surface area is 81.2 Å². The molecule has 68 valence electrons. The molecule has 0 aromatic heterocycles. The minimum absolute atomic E-state index is 0.372. The zero-order chi connectivity index (χ0) is 8.67. The topological polar surface area (TPSA) is 18.5 Å². The molecule has 0 amide bonds. The van der Waals surface area contributed by atoms with Crippen molar-refractivity contribution in [3.8, 4) is 11.5 Å². The zero-order valence-electron chi connectivity index (χ0n) is 7.16. The summed E-state index contributed by atoms with van der Waals surface area (Å²) in [5, 5.41) is 0.689. The van der Waals surface area contributed by atoms with Crippen LogP contribution in [0.3, 0.4) is 0 Å². The Bertz CT molecular complexity index is 334. The fraction of sp³-hybridized carbons (Fsp3) is 0.400. The van der Waals surface area contributed by atoms with Crippen molar-refractivity contribution >= 4 is 11.8 Å². The van der Waals surface area contributed by atoms with Gasteiger partial charge in [0.15, 0.2) is 11.5 Å². The standard InChI is InChI=1S/C10H10O2S/c1-2-8-9(12-6-11-8)5-7(1)10-3-4-13-10/h1-2,5,10H,3-4,6H2. The van der Waals surface area contributed by atoms with Crippen LogP contribution in [0.25, 0.3) is 0 Å². The molecule has 0 radical (unpaired) electrons. The molecule has 1 fully saturated rings. The van der Waals surface area contributed by atoms with Crippen molar-refractivity contribution < 1.29 is 9.47 Å². The SMILES string of the molecule is c1cc2c(cc1C1CCS1)OCO2. The molecule has 2 nitrogen and oxygen atoms in total. The summed E-state index contributed by atoms with van der Waals surface area (Å²) in [4.78, 5) is 0. The van der Waals surface area contributed by atoms with Gasteiger partial charge < -0.3 is 9.47 Å². The van der Waals surface area contributed by atoms with Gasteiger partial charge in [-0.15, -0.1) is 0 Å². The summed E-state index contributed by atoms with van der Waals surface area (Å²) in [7, 11) is 0. The Morgan fingerprint density at radius 1 is 1.23 bits per heavy atom. The number of rotatable bonds is 1. The lowest BCUT2D eigenvalue weighted by Crippen LogP contribution is -2.06. The van der Waals surface area contributed by atoms with Crippen molar-refractivity contribution in [1.29, 1.82) is 0 Å². The number of thioether (sulfide) groups is 1. The summed E-state index contributed by atoms with van der Waals surface area (Å²) in [6, 6.07) is 6.26. The van der Waals surface area contributed by atoms with Crippen LogP contribution in [-0.4, -0.2) is 12.5 Å². The molecule has 3 heteroatoms. The maximum Gasteiger partial charge on any atom is 0.231 e. The molecule has 1 aromatic rings. The number of ether oxygens (including phenoxy) is 2.